The molecule has 0 bridgehead atoms. The Hall–Kier alpha value is -0.580. The summed E-state index contributed by atoms with van der Waals surface area (Å²) in [5, 5.41) is 0. The maximum Gasteiger partial charge on any atom is 0.0750 e. The second-order valence-electron chi connectivity index (χ2n) is 5.04. The topological polar surface area (TPSA) is 38.5 Å². The van der Waals surface area contributed by atoms with E-state index >= 15 is 0 Å². The zero-order valence-corrected chi connectivity index (χ0v) is 12.8. The maximum atomic E-state index is 5.92. The van der Waals surface area contributed by atoms with E-state index in [1.165, 1.54) is 5.69 Å². The number of halogens is 1. The number of rotatable bonds is 3. The molecule has 0 saturated carbocycles. The molecule has 1 aromatic rings. The molecule has 100 valence electrons. The number of benzene rings is 1. The molecular weight excluding hydrogens is 292 g/mol. The smallest absolute Gasteiger partial charge is 0.0750 e. The molecule has 3 nitrogen and oxygen atoms in total. The molecule has 2 N–H and O–H groups in total. The fourth-order valence-corrected chi connectivity index (χ4v) is 3.25. The molecule has 2 rings (SSSR count). The minimum absolute atomic E-state index is 0.0486. The van der Waals surface area contributed by atoms with Gasteiger partial charge in [0.15, 0.2) is 0 Å². The van der Waals surface area contributed by atoms with E-state index in [-0.39, 0.29) is 6.04 Å². The first kappa shape index (κ1) is 13.8. The van der Waals surface area contributed by atoms with Crippen molar-refractivity contribution in [3.8, 4) is 0 Å². The SMILES string of the molecule is CC1OCCC1N(C)c1ccc([C@@H](C)N)c(Br)c1. The zero-order chi connectivity index (χ0) is 13.3. The van der Waals surface area contributed by atoms with Gasteiger partial charge in [-0.1, -0.05) is 22.0 Å². The van der Waals surface area contributed by atoms with Gasteiger partial charge >= 0.3 is 0 Å². The highest BCUT2D eigenvalue weighted by molar-refractivity contribution is 9.10. The van der Waals surface area contributed by atoms with E-state index in [1.54, 1.807) is 0 Å². The Morgan fingerprint density at radius 3 is 2.72 bits per heavy atom. The van der Waals surface area contributed by atoms with Crippen LogP contribution in [-0.2, 0) is 4.74 Å². The maximum absolute atomic E-state index is 5.92. The minimum Gasteiger partial charge on any atom is -0.376 e. The van der Waals surface area contributed by atoms with Crippen molar-refractivity contribution in [1.29, 1.82) is 0 Å². The molecule has 0 spiro atoms. The van der Waals surface area contributed by atoms with Gasteiger partial charge in [-0.25, -0.2) is 0 Å². The van der Waals surface area contributed by atoms with Crippen molar-refractivity contribution >= 4 is 21.6 Å². The molecule has 2 unspecified atom stereocenters. The lowest BCUT2D eigenvalue weighted by Crippen LogP contribution is -2.36. The van der Waals surface area contributed by atoms with Crippen molar-refractivity contribution in [3.63, 3.8) is 0 Å². The highest BCUT2D eigenvalue weighted by Gasteiger charge is 2.28. The molecule has 1 saturated heterocycles. The van der Waals surface area contributed by atoms with E-state index in [2.05, 4.69) is 53.0 Å². The lowest BCUT2D eigenvalue weighted by atomic mass is 10.1. The summed E-state index contributed by atoms with van der Waals surface area (Å²) in [6.07, 6.45) is 1.38. The van der Waals surface area contributed by atoms with Crippen LogP contribution in [0.2, 0.25) is 0 Å². The molecule has 1 aliphatic rings. The molecule has 4 heteroatoms. The van der Waals surface area contributed by atoms with Crippen molar-refractivity contribution in [1.82, 2.24) is 0 Å². The van der Waals surface area contributed by atoms with Crippen LogP contribution in [0.5, 0.6) is 0 Å². The Labute approximate surface area is 117 Å². The van der Waals surface area contributed by atoms with Gasteiger partial charge in [0.1, 0.15) is 0 Å². The standard InChI is InChI=1S/C14H21BrN2O/c1-9(16)12-5-4-11(8-13(12)15)17(3)14-6-7-18-10(14)2/h4-5,8-10,14H,6-7,16H2,1-3H3/t9-,10?,14?/m1/s1. The van der Waals surface area contributed by atoms with Crippen molar-refractivity contribution in [2.75, 3.05) is 18.6 Å². The van der Waals surface area contributed by atoms with Crippen LogP contribution >= 0.6 is 15.9 Å². The predicted molar refractivity (Wildman–Crippen MR) is 79.0 cm³/mol. The number of ether oxygens (including phenoxy) is 1. The average molecular weight is 313 g/mol. The van der Waals surface area contributed by atoms with Crippen LogP contribution in [0.3, 0.4) is 0 Å². The largest absolute Gasteiger partial charge is 0.376 e. The first-order chi connectivity index (χ1) is 8.50. The monoisotopic (exact) mass is 312 g/mol. The van der Waals surface area contributed by atoms with E-state index in [1.807, 2.05) is 6.92 Å². The van der Waals surface area contributed by atoms with Crippen molar-refractivity contribution < 1.29 is 4.74 Å². The Kier molecular flexibility index (Phi) is 4.30. The van der Waals surface area contributed by atoms with Crippen LogP contribution in [0.4, 0.5) is 5.69 Å². The number of likely N-dealkylation sites (N-methyl/N-ethyl adjacent to an activating group) is 1. The molecule has 0 aliphatic carbocycles. The van der Waals surface area contributed by atoms with E-state index < -0.39 is 0 Å². The molecule has 1 aliphatic heterocycles. The fourth-order valence-electron chi connectivity index (χ4n) is 2.53. The van der Waals surface area contributed by atoms with Gasteiger partial charge in [-0.3, -0.25) is 0 Å². The summed E-state index contributed by atoms with van der Waals surface area (Å²) in [6.45, 7) is 4.99. The summed E-state index contributed by atoms with van der Waals surface area (Å²) in [6, 6.07) is 6.88. The molecule has 0 aromatic heterocycles. The Morgan fingerprint density at radius 2 is 2.22 bits per heavy atom. The minimum atomic E-state index is 0.0486. The fraction of sp³-hybridized carbons (Fsp3) is 0.571. The van der Waals surface area contributed by atoms with Crippen LogP contribution in [0.1, 0.15) is 31.9 Å². The summed E-state index contributed by atoms with van der Waals surface area (Å²) in [5.41, 5.74) is 8.27. The summed E-state index contributed by atoms with van der Waals surface area (Å²) in [5.74, 6) is 0. The lowest BCUT2D eigenvalue weighted by molar-refractivity contribution is 0.118. The summed E-state index contributed by atoms with van der Waals surface area (Å²) >= 11 is 3.60. The third-order valence-electron chi connectivity index (χ3n) is 3.72. The van der Waals surface area contributed by atoms with Gasteiger partial charge < -0.3 is 15.4 Å². The van der Waals surface area contributed by atoms with E-state index in [0.29, 0.717) is 12.1 Å². The van der Waals surface area contributed by atoms with Gasteiger partial charge in [-0.15, -0.1) is 0 Å². The van der Waals surface area contributed by atoms with Crippen LogP contribution < -0.4 is 10.6 Å². The number of nitrogens with two attached hydrogens (primary N) is 1. The van der Waals surface area contributed by atoms with Crippen molar-refractivity contribution in [2.24, 2.45) is 5.73 Å². The molecule has 18 heavy (non-hydrogen) atoms. The quantitative estimate of drug-likeness (QED) is 0.932. The molecule has 1 aromatic carbocycles. The molecular formula is C14H21BrN2O. The number of nitrogens with zero attached hydrogens (tertiary/aromatic N) is 1. The van der Waals surface area contributed by atoms with E-state index in [4.69, 9.17) is 10.5 Å². The Bertz CT molecular complexity index is 422. The van der Waals surface area contributed by atoms with Gasteiger partial charge in [0.25, 0.3) is 0 Å². The van der Waals surface area contributed by atoms with Gasteiger partial charge in [-0.2, -0.15) is 0 Å². The molecule has 0 radical (unpaired) electrons. The molecule has 0 amide bonds. The van der Waals surface area contributed by atoms with Crippen LogP contribution in [-0.4, -0.2) is 25.8 Å². The molecule has 3 atom stereocenters. The van der Waals surface area contributed by atoms with E-state index in [9.17, 15) is 0 Å². The number of anilines is 1. The van der Waals surface area contributed by atoms with Gasteiger partial charge in [0, 0.05) is 29.9 Å². The Morgan fingerprint density at radius 1 is 1.50 bits per heavy atom. The number of hydrogen-bond acceptors (Lipinski definition) is 3. The molecule has 1 fully saturated rings. The highest BCUT2D eigenvalue weighted by atomic mass is 79.9. The van der Waals surface area contributed by atoms with E-state index in [0.717, 1.165) is 23.1 Å². The van der Waals surface area contributed by atoms with Crippen LogP contribution in [0.15, 0.2) is 22.7 Å². The summed E-state index contributed by atoms with van der Waals surface area (Å²) < 4.78 is 6.70. The normalized spacial score (nSPS) is 25.2. The summed E-state index contributed by atoms with van der Waals surface area (Å²) in [4.78, 5) is 2.30. The second-order valence-corrected chi connectivity index (χ2v) is 5.89. The van der Waals surface area contributed by atoms with Gasteiger partial charge in [-0.05, 0) is 38.0 Å². The lowest BCUT2D eigenvalue weighted by Gasteiger charge is -2.29. The summed E-state index contributed by atoms with van der Waals surface area (Å²) in [7, 11) is 2.13. The third kappa shape index (κ3) is 2.71. The average Bonchev–Trinajstić information content (AvgIpc) is 2.74. The van der Waals surface area contributed by atoms with Crippen LogP contribution in [0.25, 0.3) is 0 Å². The Balaban J connectivity index is 2.21. The van der Waals surface area contributed by atoms with Gasteiger partial charge in [0.2, 0.25) is 0 Å². The first-order valence-corrected chi connectivity index (χ1v) is 7.19. The number of hydrogen-bond donors (Lipinski definition) is 1. The van der Waals surface area contributed by atoms with Crippen LogP contribution in [0, 0.1) is 0 Å². The zero-order valence-electron chi connectivity index (χ0n) is 11.2. The predicted octanol–water partition coefficient (Wildman–Crippen LogP) is 3.08. The second kappa shape index (κ2) is 5.59. The first-order valence-electron chi connectivity index (χ1n) is 6.40. The van der Waals surface area contributed by atoms with Crippen molar-refractivity contribution in [3.05, 3.63) is 28.2 Å². The van der Waals surface area contributed by atoms with Gasteiger partial charge in [0.05, 0.1) is 12.1 Å². The third-order valence-corrected chi connectivity index (χ3v) is 4.40. The van der Waals surface area contributed by atoms with Crippen molar-refractivity contribution in [2.45, 2.75) is 38.5 Å². The molecule has 1 heterocycles. The highest BCUT2D eigenvalue weighted by Crippen LogP contribution is 2.30.